The van der Waals surface area contributed by atoms with E-state index in [1.165, 1.54) is 0 Å². The number of aliphatic hydroxyl groups excluding tert-OH is 1. The van der Waals surface area contributed by atoms with Crippen LogP contribution in [0.25, 0.3) is 0 Å². The number of hydrogen-bond donors (Lipinski definition) is 1. The van der Waals surface area contributed by atoms with E-state index in [2.05, 4.69) is 11.5 Å². The highest BCUT2D eigenvalue weighted by atomic mass is 16.5. The van der Waals surface area contributed by atoms with Crippen LogP contribution in [0.2, 0.25) is 0 Å². The summed E-state index contributed by atoms with van der Waals surface area (Å²) in [5.41, 5.74) is 1.01. The van der Waals surface area contributed by atoms with Crippen molar-refractivity contribution in [3.63, 3.8) is 0 Å². The average Bonchev–Trinajstić information content (AvgIpc) is 2.67. The van der Waals surface area contributed by atoms with Crippen LogP contribution in [0.5, 0.6) is 0 Å². The van der Waals surface area contributed by atoms with E-state index in [1.54, 1.807) is 0 Å². The molecule has 15 heavy (non-hydrogen) atoms. The smallest absolute Gasteiger partial charge is 0.0804 e. The van der Waals surface area contributed by atoms with Gasteiger partial charge in [-0.25, -0.2) is 0 Å². The normalized spacial score (nSPS) is 13.0. The van der Waals surface area contributed by atoms with E-state index >= 15 is 0 Å². The summed E-state index contributed by atoms with van der Waals surface area (Å²) in [5, 5.41) is 9.76. The molecule has 1 heterocycles. The fourth-order valence-corrected chi connectivity index (χ4v) is 1.55. The molecule has 0 aliphatic rings. The third kappa shape index (κ3) is 4.06. The lowest BCUT2D eigenvalue weighted by atomic mass is 10.1. The molecule has 0 amide bonds. The highest BCUT2D eigenvalue weighted by Gasteiger charge is 2.07. The van der Waals surface area contributed by atoms with Gasteiger partial charge >= 0.3 is 0 Å². The van der Waals surface area contributed by atoms with Gasteiger partial charge in [-0.1, -0.05) is 13.3 Å². The Morgan fingerprint density at radius 1 is 1.47 bits per heavy atom. The molecule has 0 bridgehead atoms. The number of aliphatic hydroxyl groups is 1. The second kappa shape index (κ2) is 6.64. The zero-order valence-electron chi connectivity index (χ0n) is 9.65. The van der Waals surface area contributed by atoms with Crippen molar-refractivity contribution < 1.29 is 9.84 Å². The number of aromatic nitrogens is 1. The van der Waals surface area contributed by atoms with Crippen molar-refractivity contribution in [2.45, 2.75) is 39.3 Å². The Morgan fingerprint density at radius 3 is 2.93 bits per heavy atom. The van der Waals surface area contributed by atoms with Crippen LogP contribution >= 0.6 is 0 Å². The molecule has 0 aliphatic carbocycles. The summed E-state index contributed by atoms with van der Waals surface area (Å²) < 4.78 is 7.33. The van der Waals surface area contributed by atoms with Gasteiger partial charge in [-0.2, -0.15) is 0 Å². The van der Waals surface area contributed by atoms with Gasteiger partial charge in [0, 0.05) is 25.5 Å². The fraction of sp³-hybridized carbons (Fsp3) is 0.667. The Balaban J connectivity index is 2.41. The molecular weight excluding hydrogens is 190 g/mol. The summed E-state index contributed by atoms with van der Waals surface area (Å²) in [4.78, 5) is 0. The minimum absolute atomic E-state index is 0.316. The number of hydrogen-bond acceptors (Lipinski definition) is 2. The molecule has 0 fully saturated rings. The lowest BCUT2D eigenvalue weighted by Gasteiger charge is -2.06. The third-order valence-electron chi connectivity index (χ3n) is 2.42. The lowest BCUT2D eigenvalue weighted by molar-refractivity contribution is 0.138. The molecule has 0 aromatic carbocycles. The van der Waals surface area contributed by atoms with Crippen molar-refractivity contribution in [2.75, 3.05) is 13.2 Å². The maximum Gasteiger partial charge on any atom is 0.0804 e. The maximum absolute atomic E-state index is 9.76. The predicted molar refractivity (Wildman–Crippen MR) is 60.8 cm³/mol. The van der Waals surface area contributed by atoms with Crippen LogP contribution in [0, 0.1) is 0 Å². The van der Waals surface area contributed by atoms with Crippen LogP contribution in [0.1, 0.15) is 38.4 Å². The highest BCUT2D eigenvalue weighted by Crippen LogP contribution is 2.18. The van der Waals surface area contributed by atoms with Crippen molar-refractivity contribution in [1.82, 2.24) is 4.57 Å². The first-order valence-electron chi connectivity index (χ1n) is 5.69. The second-order valence-corrected chi connectivity index (χ2v) is 3.68. The quantitative estimate of drug-likeness (QED) is 0.702. The first-order chi connectivity index (χ1) is 7.27. The highest BCUT2D eigenvalue weighted by molar-refractivity contribution is 5.13. The molecule has 86 valence electrons. The van der Waals surface area contributed by atoms with E-state index in [1.807, 2.05) is 25.4 Å². The summed E-state index contributed by atoms with van der Waals surface area (Å²) in [6.07, 6.45) is 5.51. The van der Waals surface area contributed by atoms with Crippen molar-refractivity contribution >= 4 is 0 Å². The molecule has 1 aromatic heterocycles. The Kier molecular flexibility index (Phi) is 5.43. The number of nitrogens with zero attached hydrogens (tertiary/aromatic N) is 1. The largest absolute Gasteiger partial charge is 0.388 e. The summed E-state index contributed by atoms with van der Waals surface area (Å²) in [7, 11) is 0. The number of rotatable bonds is 7. The van der Waals surface area contributed by atoms with Crippen molar-refractivity contribution in [3.05, 3.63) is 24.0 Å². The molecular formula is C12H21NO2. The zero-order chi connectivity index (χ0) is 11.1. The average molecular weight is 211 g/mol. The van der Waals surface area contributed by atoms with E-state index in [-0.39, 0.29) is 6.10 Å². The fourth-order valence-electron chi connectivity index (χ4n) is 1.55. The predicted octanol–water partition coefficient (Wildman–Crippen LogP) is 2.36. The first-order valence-corrected chi connectivity index (χ1v) is 5.69. The van der Waals surface area contributed by atoms with Crippen LogP contribution in [-0.4, -0.2) is 22.9 Å². The van der Waals surface area contributed by atoms with E-state index in [9.17, 15) is 5.11 Å². The van der Waals surface area contributed by atoms with Crippen molar-refractivity contribution in [3.8, 4) is 0 Å². The van der Waals surface area contributed by atoms with Crippen LogP contribution in [0.15, 0.2) is 18.5 Å². The Bertz CT molecular complexity index is 270. The third-order valence-corrected chi connectivity index (χ3v) is 2.42. The molecule has 1 N–H and O–H groups in total. The molecule has 1 aromatic rings. The Morgan fingerprint density at radius 2 is 2.27 bits per heavy atom. The zero-order valence-corrected chi connectivity index (χ0v) is 9.65. The summed E-state index contributed by atoms with van der Waals surface area (Å²) in [5.74, 6) is 0. The SMILES string of the molecule is CCCC(O)c1ccn(CCOCC)c1. The molecule has 1 atom stereocenters. The molecule has 0 aliphatic heterocycles. The monoisotopic (exact) mass is 211 g/mol. The van der Waals surface area contributed by atoms with Crippen molar-refractivity contribution in [2.24, 2.45) is 0 Å². The molecule has 0 spiro atoms. The van der Waals surface area contributed by atoms with Gasteiger partial charge in [-0.3, -0.25) is 0 Å². The molecule has 3 nitrogen and oxygen atoms in total. The van der Waals surface area contributed by atoms with Crippen LogP contribution in [0.3, 0.4) is 0 Å². The molecule has 0 radical (unpaired) electrons. The summed E-state index contributed by atoms with van der Waals surface area (Å²) >= 11 is 0. The topological polar surface area (TPSA) is 34.4 Å². The lowest BCUT2D eigenvalue weighted by Crippen LogP contribution is -2.03. The molecule has 1 rings (SSSR count). The molecule has 0 saturated heterocycles. The van der Waals surface area contributed by atoms with Gasteiger partial charge in [-0.15, -0.1) is 0 Å². The first kappa shape index (κ1) is 12.3. The minimum atomic E-state index is -0.316. The van der Waals surface area contributed by atoms with Crippen molar-refractivity contribution in [1.29, 1.82) is 0 Å². The van der Waals surface area contributed by atoms with E-state index in [0.717, 1.165) is 38.2 Å². The van der Waals surface area contributed by atoms with Gasteiger partial charge in [0.2, 0.25) is 0 Å². The molecule has 0 saturated carbocycles. The Hall–Kier alpha value is -0.800. The molecule has 1 unspecified atom stereocenters. The van der Waals surface area contributed by atoms with Gasteiger partial charge in [0.15, 0.2) is 0 Å². The van der Waals surface area contributed by atoms with Crippen LogP contribution < -0.4 is 0 Å². The molecule has 3 heteroatoms. The van der Waals surface area contributed by atoms with Gasteiger partial charge in [0.1, 0.15) is 0 Å². The van der Waals surface area contributed by atoms with Crippen LogP contribution in [0.4, 0.5) is 0 Å². The van der Waals surface area contributed by atoms with Gasteiger partial charge < -0.3 is 14.4 Å². The van der Waals surface area contributed by atoms with E-state index in [4.69, 9.17) is 4.74 Å². The van der Waals surface area contributed by atoms with Crippen LogP contribution in [-0.2, 0) is 11.3 Å². The van der Waals surface area contributed by atoms with E-state index < -0.39 is 0 Å². The van der Waals surface area contributed by atoms with Gasteiger partial charge in [0.05, 0.1) is 12.7 Å². The second-order valence-electron chi connectivity index (χ2n) is 3.68. The van der Waals surface area contributed by atoms with E-state index in [0.29, 0.717) is 0 Å². The minimum Gasteiger partial charge on any atom is -0.388 e. The summed E-state index contributed by atoms with van der Waals surface area (Å²) in [6, 6.07) is 1.98. The van der Waals surface area contributed by atoms with Gasteiger partial charge in [-0.05, 0) is 25.0 Å². The standard InChI is InChI=1S/C12H21NO2/c1-3-5-12(14)11-6-7-13(10-11)8-9-15-4-2/h6-7,10,12,14H,3-5,8-9H2,1-2H3. The maximum atomic E-state index is 9.76. The Labute approximate surface area is 91.7 Å². The summed E-state index contributed by atoms with van der Waals surface area (Å²) in [6.45, 7) is 6.41. The van der Waals surface area contributed by atoms with Gasteiger partial charge in [0.25, 0.3) is 0 Å². The number of ether oxygens (including phenoxy) is 1.